The summed E-state index contributed by atoms with van der Waals surface area (Å²) in [5.41, 5.74) is -0.130. The van der Waals surface area contributed by atoms with Crippen molar-refractivity contribution in [2.45, 2.75) is 6.54 Å². The molecule has 2 aromatic rings. The zero-order valence-electron chi connectivity index (χ0n) is 16.1. The maximum Gasteiger partial charge on any atom is 0.345 e. The van der Waals surface area contributed by atoms with Crippen LogP contribution in [-0.4, -0.2) is 44.4 Å². The molecule has 2 aromatic carbocycles. The zero-order valence-corrected chi connectivity index (χ0v) is 16.1. The van der Waals surface area contributed by atoms with Gasteiger partial charge >= 0.3 is 5.97 Å². The monoisotopic (exact) mass is 418 g/mol. The van der Waals surface area contributed by atoms with Crippen LogP contribution in [0.2, 0.25) is 0 Å². The van der Waals surface area contributed by atoms with Crippen LogP contribution in [0, 0.1) is 10.1 Å². The number of nitrogens with zero attached hydrogens (tertiary/aromatic N) is 1. The Hall–Kier alpha value is -4.02. The Labute approximate surface area is 170 Å². The van der Waals surface area contributed by atoms with E-state index in [-0.39, 0.29) is 30.4 Å². The Morgan fingerprint density at radius 1 is 1.10 bits per heavy atom. The van der Waals surface area contributed by atoms with Crippen molar-refractivity contribution >= 4 is 17.6 Å². The van der Waals surface area contributed by atoms with Crippen LogP contribution in [0.5, 0.6) is 23.0 Å². The molecule has 0 unspecified atom stereocenters. The maximum absolute atomic E-state index is 12.3. The van der Waals surface area contributed by atoms with E-state index in [1.165, 1.54) is 14.2 Å². The van der Waals surface area contributed by atoms with Crippen LogP contribution in [0.15, 0.2) is 30.3 Å². The standard InChI is InChI=1S/C19H18N2O9/c1-26-15-6-12(13(21(24)25)7-16(15)27-2)19(23)28-9-18(22)20-8-11-3-4-14-17(5-11)30-10-29-14/h3-7H,8-10H2,1-2H3,(H,20,22). The van der Waals surface area contributed by atoms with Gasteiger partial charge in [-0.05, 0) is 17.7 Å². The van der Waals surface area contributed by atoms with Gasteiger partial charge in [0.15, 0.2) is 29.6 Å². The smallest absolute Gasteiger partial charge is 0.345 e. The minimum atomic E-state index is -1.04. The summed E-state index contributed by atoms with van der Waals surface area (Å²) in [5.74, 6) is -0.223. The van der Waals surface area contributed by atoms with Crippen molar-refractivity contribution in [3.05, 3.63) is 51.6 Å². The zero-order chi connectivity index (χ0) is 21.7. The number of carbonyl (C=O) groups excluding carboxylic acids is 2. The number of methoxy groups -OCH3 is 2. The Morgan fingerprint density at radius 3 is 2.50 bits per heavy atom. The topological polar surface area (TPSA) is 135 Å². The minimum Gasteiger partial charge on any atom is -0.493 e. The SMILES string of the molecule is COc1cc(C(=O)OCC(=O)NCc2ccc3c(c2)OCO3)c([N+](=O)[O-])cc1OC. The third kappa shape index (κ3) is 4.51. The highest BCUT2D eigenvalue weighted by molar-refractivity contribution is 5.96. The first-order valence-corrected chi connectivity index (χ1v) is 8.65. The average molecular weight is 418 g/mol. The molecule has 158 valence electrons. The van der Waals surface area contributed by atoms with Crippen LogP contribution in [0.3, 0.4) is 0 Å². The molecule has 0 saturated carbocycles. The molecule has 0 aromatic heterocycles. The molecular weight excluding hydrogens is 400 g/mol. The first-order valence-electron chi connectivity index (χ1n) is 8.65. The predicted octanol–water partition coefficient (Wildman–Crippen LogP) is 1.81. The highest BCUT2D eigenvalue weighted by atomic mass is 16.7. The normalized spacial score (nSPS) is 11.5. The van der Waals surface area contributed by atoms with Gasteiger partial charge in [-0.2, -0.15) is 0 Å². The Kier molecular flexibility index (Phi) is 6.20. The number of nitrogens with one attached hydrogen (secondary N) is 1. The maximum atomic E-state index is 12.3. The molecule has 3 rings (SSSR count). The van der Waals surface area contributed by atoms with Crippen LogP contribution in [0.1, 0.15) is 15.9 Å². The van der Waals surface area contributed by atoms with Crippen molar-refractivity contribution in [3.63, 3.8) is 0 Å². The molecular formula is C19H18N2O9. The molecule has 0 radical (unpaired) electrons. The van der Waals surface area contributed by atoms with Crippen molar-refractivity contribution in [2.75, 3.05) is 27.6 Å². The van der Waals surface area contributed by atoms with E-state index in [0.717, 1.165) is 17.7 Å². The van der Waals surface area contributed by atoms with E-state index in [1.54, 1.807) is 18.2 Å². The summed E-state index contributed by atoms with van der Waals surface area (Å²) in [7, 11) is 2.63. The van der Waals surface area contributed by atoms with Crippen LogP contribution in [0.25, 0.3) is 0 Å². The molecule has 0 atom stereocenters. The Morgan fingerprint density at radius 2 is 1.80 bits per heavy atom. The first kappa shape index (κ1) is 20.7. The van der Waals surface area contributed by atoms with E-state index in [2.05, 4.69) is 5.32 Å². The third-order valence-corrected chi connectivity index (χ3v) is 4.18. The van der Waals surface area contributed by atoms with Gasteiger partial charge in [-0.25, -0.2) is 4.79 Å². The van der Waals surface area contributed by atoms with Gasteiger partial charge in [-0.15, -0.1) is 0 Å². The van der Waals surface area contributed by atoms with Crippen molar-refractivity contribution < 1.29 is 38.2 Å². The molecule has 0 saturated heterocycles. The summed E-state index contributed by atoms with van der Waals surface area (Å²) >= 11 is 0. The number of carbonyl (C=O) groups is 2. The fraction of sp³-hybridized carbons (Fsp3) is 0.263. The van der Waals surface area contributed by atoms with Gasteiger partial charge in [0.2, 0.25) is 6.79 Å². The number of esters is 1. The summed E-state index contributed by atoms with van der Waals surface area (Å²) in [6.07, 6.45) is 0. The van der Waals surface area contributed by atoms with Crippen LogP contribution in [0.4, 0.5) is 5.69 Å². The van der Waals surface area contributed by atoms with Gasteiger partial charge in [0.25, 0.3) is 11.6 Å². The van der Waals surface area contributed by atoms with E-state index in [4.69, 9.17) is 23.7 Å². The van der Waals surface area contributed by atoms with Gasteiger partial charge in [-0.1, -0.05) is 6.07 Å². The Balaban J connectivity index is 1.60. The fourth-order valence-corrected chi connectivity index (χ4v) is 2.69. The number of hydrogen-bond donors (Lipinski definition) is 1. The summed E-state index contributed by atoms with van der Waals surface area (Å²) in [6, 6.07) is 7.38. The second-order valence-electron chi connectivity index (χ2n) is 6.02. The Bertz CT molecular complexity index is 990. The van der Waals surface area contributed by atoms with Crippen molar-refractivity contribution in [2.24, 2.45) is 0 Å². The first-order chi connectivity index (χ1) is 14.4. The molecule has 11 nitrogen and oxygen atoms in total. The van der Waals surface area contributed by atoms with Crippen LogP contribution in [-0.2, 0) is 16.1 Å². The van der Waals surface area contributed by atoms with Crippen molar-refractivity contribution in [1.82, 2.24) is 5.32 Å². The van der Waals surface area contributed by atoms with Crippen molar-refractivity contribution in [1.29, 1.82) is 0 Å². The lowest BCUT2D eigenvalue weighted by Gasteiger charge is -2.11. The minimum absolute atomic E-state index is 0.0854. The number of nitro benzene ring substituents is 1. The van der Waals surface area contributed by atoms with E-state index in [9.17, 15) is 19.7 Å². The lowest BCUT2D eigenvalue weighted by atomic mass is 10.1. The highest BCUT2D eigenvalue weighted by Crippen LogP contribution is 2.35. The van der Waals surface area contributed by atoms with Crippen molar-refractivity contribution in [3.8, 4) is 23.0 Å². The molecule has 0 bridgehead atoms. The largest absolute Gasteiger partial charge is 0.493 e. The number of rotatable bonds is 8. The quantitative estimate of drug-likeness (QED) is 0.387. The molecule has 0 spiro atoms. The second kappa shape index (κ2) is 8.99. The molecule has 11 heteroatoms. The summed E-state index contributed by atoms with van der Waals surface area (Å²) < 4.78 is 25.4. The predicted molar refractivity (Wildman–Crippen MR) is 101 cm³/mol. The van der Waals surface area contributed by atoms with E-state index in [0.29, 0.717) is 11.5 Å². The number of ether oxygens (including phenoxy) is 5. The molecule has 1 heterocycles. The average Bonchev–Trinajstić information content (AvgIpc) is 3.22. The number of nitro groups is 1. The van der Waals surface area contributed by atoms with Crippen LogP contribution >= 0.6 is 0 Å². The number of benzene rings is 2. The molecule has 1 aliphatic rings. The fourth-order valence-electron chi connectivity index (χ4n) is 2.69. The third-order valence-electron chi connectivity index (χ3n) is 4.18. The molecule has 0 aliphatic carbocycles. The van der Waals surface area contributed by atoms with E-state index < -0.39 is 29.1 Å². The van der Waals surface area contributed by atoms with Gasteiger partial charge in [0.1, 0.15) is 5.56 Å². The van der Waals surface area contributed by atoms with E-state index >= 15 is 0 Å². The molecule has 1 aliphatic heterocycles. The molecule has 30 heavy (non-hydrogen) atoms. The summed E-state index contributed by atoms with van der Waals surface area (Å²) in [4.78, 5) is 34.8. The molecule has 0 fully saturated rings. The number of amides is 1. The van der Waals surface area contributed by atoms with E-state index in [1.807, 2.05) is 0 Å². The van der Waals surface area contributed by atoms with Gasteiger partial charge in [0, 0.05) is 12.6 Å². The lowest BCUT2D eigenvalue weighted by Crippen LogP contribution is -2.28. The molecule has 1 N–H and O–H groups in total. The van der Waals surface area contributed by atoms with Gasteiger partial charge < -0.3 is 29.0 Å². The van der Waals surface area contributed by atoms with Gasteiger partial charge in [-0.3, -0.25) is 14.9 Å². The second-order valence-corrected chi connectivity index (χ2v) is 6.02. The highest BCUT2D eigenvalue weighted by Gasteiger charge is 2.26. The summed E-state index contributed by atoms with van der Waals surface area (Å²) in [6.45, 7) is -0.304. The van der Waals surface area contributed by atoms with Gasteiger partial charge in [0.05, 0.1) is 25.2 Å². The number of fused-ring (bicyclic) bond motifs is 1. The molecule has 1 amide bonds. The lowest BCUT2D eigenvalue weighted by molar-refractivity contribution is -0.385. The summed E-state index contributed by atoms with van der Waals surface area (Å²) in [5, 5.41) is 13.9. The van der Waals surface area contributed by atoms with Crippen LogP contribution < -0.4 is 24.3 Å². The number of hydrogen-bond acceptors (Lipinski definition) is 9.